The van der Waals surface area contributed by atoms with Crippen molar-refractivity contribution in [2.45, 2.75) is 38.0 Å². The zero-order chi connectivity index (χ0) is 10.1. The maximum atomic E-state index is 11.9. The molecule has 2 saturated heterocycles. The van der Waals surface area contributed by atoms with Gasteiger partial charge in [0.25, 0.3) is 0 Å². The first kappa shape index (κ1) is 10.1. The molecule has 2 nitrogen and oxygen atoms in total. The molecule has 2 aliphatic heterocycles. The second-order valence-corrected chi connectivity index (χ2v) is 4.11. The van der Waals surface area contributed by atoms with Crippen LogP contribution in [-0.2, 0) is 4.74 Å². The van der Waals surface area contributed by atoms with Gasteiger partial charge in [0.05, 0.1) is 6.61 Å². The number of nitrogens with zero attached hydrogens (tertiary/aromatic N) is 1. The third kappa shape index (κ3) is 1.96. The Morgan fingerprint density at radius 2 is 2.29 bits per heavy atom. The number of hydrogen-bond donors (Lipinski definition) is 0. The van der Waals surface area contributed by atoms with Gasteiger partial charge in [0.2, 0.25) is 0 Å². The maximum absolute atomic E-state index is 11.9. The Hall–Kier alpha value is -0.480. The van der Waals surface area contributed by atoms with Crippen LogP contribution in [0.15, 0.2) is 12.2 Å². The van der Waals surface area contributed by atoms with Crippen LogP contribution < -0.4 is 0 Å². The van der Waals surface area contributed by atoms with E-state index in [2.05, 4.69) is 16.2 Å². The summed E-state index contributed by atoms with van der Waals surface area (Å²) in [6.45, 7) is 2.31. The van der Waals surface area contributed by atoms with E-state index in [4.69, 9.17) is 0 Å². The molecule has 2 rings (SSSR count). The van der Waals surface area contributed by atoms with E-state index >= 15 is 0 Å². The van der Waals surface area contributed by atoms with Crippen LogP contribution in [0.3, 0.4) is 0 Å². The Bertz CT molecular complexity index is 232. The number of alkyl halides is 2. The second-order valence-electron chi connectivity index (χ2n) is 4.11. The molecular weight excluding hydrogens is 188 g/mol. The van der Waals surface area contributed by atoms with Crippen LogP contribution in [0.2, 0.25) is 0 Å². The summed E-state index contributed by atoms with van der Waals surface area (Å²) >= 11 is 0. The van der Waals surface area contributed by atoms with Gasteiger partial charge < -0.3 is 4.74 Å². The highest BCUT2D eigenvalue weighted by Gasteiger charge is 2.38. The SMILES string of the molecule is C=C1C[C@@H]2CC[C@@H](COC(F)F)N2C1. The lowest BCUT2D eigenvalue weighted by Crippen LogP contribution is -2.35. The fraction of sp³-hybridized carbons (Fsp3) is 0.800. The van der Waals surface area contributed by atoms with Gasteiger partial charge in [-0.1, -0.05) is 12.2 Å². The Labute approximate surface area is 82.5 Å². The van der Waals surface area contributed by atoms with Crippen molar-refractivity contribution in [2.24, 2.45) is 0 Å². The summed E-state index contributed by atoms with van der Waals surface area (Å²) in [7, 11) is 0. The fourth-order valence-electron chi connectivity index (χ4n) is 2.51. The number of rotatable bonds is 3. The minimum Gasteiger partial charge on any atom is -0.321 e. The number of hydrogen-bond acceptors (Lipinski definition) is 2. The summed E-state index contributed by atoms with van der Waals surface area (Å²) < 4.78 is 28.1. The molecule has 0 unspecified atom stereocenters. The summed E-state index contributed by atoms with van der Waals surface area (Å²) in [5.74, 6) is 0. The van der Waals surface area contributed by atoms with Gasteiger partial charge in [-0.2, -0.15) is 8.78 Å². The molecule has 2 heterocycles. The molecule has 4 heteroatoms. The first-order valence-corrected chi connectivity index (χ1v) is 4.99. The van der Waals surface area contributed by atoms with E-state index in [1.807, 2.05) is 0 Å². The summed E-state index contributed by atoms with van der Waals surface area (Å²) in [5.41, 5.74) is 1.22. The average molecular weight is 203 g/mol. The van der Waals surface area contributed by atoms with Crippen molar-refractivity contribution < 1.29 is 13.5 Å². The summed E-state index contributed by atoms with van der Waals surface area (Å²) in [4.78, 5) is 2.25. The Morgan fingerprint density at radius 3 is 3.00 bits per heavy atom. The molecule has 0 aromatic rings. The van der Waals surface area contributed by atoms with Crippen molar-refractivity contribution >= 4 is 0 Å². The minimum atomic E-state index is -2.64. The van der Waals surface area contributed by atoms with Gasteiger partial charge in [-0.15, -0.1) is 0 Å². The Kier molecular flexibility index (Phi) is 2.83. The van der Waals surface area contributed by atoms with Crippen molar-refractivity contribution in [3.05, 3.63) is 12.2 Å². The first-order valence-electron chi connectivity index (χ1n) is 4.99. The molecule has 0 bridgehead atoms. The quantitative estimate of drug-likeness (QED) is 0.651. The van der Waals surface area contributed by atoms with E-state index in [-0.39, 0.29) is 12.6 Å². The van der Waals surface area contributed by atoms with E-state index < -0.39 is 6.61 Å². The van der Waals surface area contributed by atoms with Crippen LogP contribution in [0, 0.1) is 0 Å². The molecule has 0 amide bonds. The summed E-state index contributed by atoms with van der Waals surface area (Å²) in [6.07, 6.45) is 3.10. The third-order valence-corrected chi connectivity index (χ3v) is 3.12. The lowest BCUT2D eigenvalue weighted by molar-refractivity contribution is -0.138. The molecule has 0 saturated carbocycles. The third-order valence-electron chi connectivity index (χ3n) is 3.12. The van der Waals surface area contributed by atoms with Crippen molar-refractivity contribution in [1.82, 2.24) is 4.90 Å². The van der Waals surface area contributed by atoms with Gasteiger partial charge in [-0.25, -0.2) is 0 Å². The highest BCUT2D eigenvalue weighted by Crippen LogP contribution is 2.34. The highest BCUT2D eigenvalue weighted by molar-refractivity contribution is 5.11. The molecule has 0 aliphatic carbocycles. The molecule has 2 atom stereocenters. The largest absolute Gasteiger partial charge is 0.345 e. The van der Waals surface area contributed by atoms with E-state index in [9.17, 15) is 8.78 Å². The van der Waals surface area contributed by atoms with Gasteiger partial charge in [0.1, 0.15) is 0 Å². The van der Waals surface area contributed by atoms with Crippen molar-refractivity contribution in [3.63, 3.8) is 0 Å². The maximum Gasteiger partial charge on any atom is 0.345 e. The van der Waals surface area contributed by atoms with Crippen LogP contribution in [0.4, 0.5) is 8.78 Å². The standard InChI is InChI=1S/C10H15F2NO/c1-7-4-8-2-3-9(13(8)5-7)6-14-10(11)12/h8-10H,1-6H2/t8-,9-/m0/s1. The Balaban J connectivity index is 1.86. The lowest BCUT2D eigenvalue weighted by atomic mass is 10.1. The van der Waals surface area contributed by atoms with Gasteiger partial charge in [0, 0.05) is 18.6 Å². The van der Waals surface area contributed by atoms with Crippen LogP contribution in [0.1, 0.15) is 19.3 Å². The predicted octanol–water partition coefficient (Wildman–Crippen LogP) is 2.02. The summed E-state index contributed by atoms with van der Waals surface area (Å²) in [5, 5.41) is 0. The fourth-order valence-corrected chi connectivity index (χ4v) is 2.51. The minimum absolute atomic E-state index is 0.154. The monoisotopic (exact) mass is 203 g/mol. The summed E-state index contributed by atoms with van der Waals surface area (Å²) in [6, 6.07) is 0.710. The van der Waals surface area contributed by atoms with Gasteiger partial charge in [-0.05, 0) is 19.3 Å². The molecule has 0 N–H and O–H groups in total. The van der Waals surface area contributed by atoms with Crippen molar-refractivity contribution in [2.75, 3.05) is 13.2 Å². The molecule has 80 valence electrons. The van der Waals surface area contributed by atoms with E-state index in [0.29, 0.717) is 6.04 Å². The average Bonchev–Trinajstić information content (AvgIpc) is 2.60. The molecule has 0 radical (unpaired) electrons. The molecular formula is C10H15F2NO. The zero-order valence-corrected chi connectivity index (χ0v) is 8.09. The van der Waals surface area contributed by atoms with Crippen LogP contribution in [0.5, 0.6) is 0 Å². The number of ether oxygens (including phenoxy) is 1. The van der Waals surface area contributed by atoms with E-state index in [1.54, 1.807) is 0 Å². The first-order chi connectivity index (χ1) is 6.66. The topological polar surface area (TPSA) is 12.5 Å². The molecule has 0 spiro atoms. The molecule has 2 fully saturated rings. The van der Waals surface area contributed by atoms with Crippen molar-refractivity contribution in [1.29, 1.82) is 0 Å². The molecule has 0 aromatic heterocycles. The normalized spacial score (nSPS) is 32.9. The number of fused-ring (bicyclic) bond motifs is 1. The van der Waals surface area contributed by atoms with Crippen LogP contribution in [-0.4, -0.2) is 36.7 Å². The van der Waals surface area contributed by atoms with Crippen LogP contribution in [0.25, 0.3) is 0 Å². The smallest absolute Gasteiger partial charge is 0.321 e. The molecule has 0 aromatic carbocycles. The highest BCUT2D eigenvalue weighted by atomic mass is 19.3. The van der Waals surface area contributed by atoms with Gasteiger partial charge in [-0.3, -0.25) is 4.90 Å². The molecule has 2 aliphatic rings. The van der Waals surface area contributed by atoms with Gasteiger partial charge in [0.15, 0.2) is 0 Å². The Morgan fingerprint density at radius 1 is 1.50 bits per heavy atom. The lowest BCUT2D eigenvalue weighted by Gasteiger charge is -2.22. The van der Waals surface area contributed by atoms with Gasteiger partial charge >= 0.3 is 6.61 Å². The second kappa shape index (κ2) is 3.95. The number of halogens is 2. The molecule has 14 heavy (non-hydrogen) atoms. The zero-order valence-electron chi connectivity index (χ0n) is 8.09. The van der Waals surface area contributed by atoms with Crippen LogP contribution >= 0.6 is 0 Å². The predicted molar refractivity (Wildman–Crippen MR) is 49.2 cm³/mol. The van der Waals surface area contributed by atoms with Crippen molar-refractivity contribution in [3.8, 4) is 0 Å². The van der Waals surface area contributed by atoms with E-state index in [1.165, 1.54) is 5.57 Å². The van der Waals surface area contributed by atoms with E-state index in [0.717, 1.165) is 25.8 Å².